The third-order valence-corrected chi connectivity index (χ3v) is 5.39. The maximum atomic E-state index is 6.00. The van der Waals surface area contributed by atoms with Gasteiger partial charge in [0, 0.05) is 24.7 Å². The van der Waals surface area contributed by atoms with Crippen LogP contribution in [-0.4, -0.2) is 42.7 Å². The van der Waals surface area contributed by atoms with Gasteiger partial charge in [-0.1, -0.05) is 30.3 Å². The number of nitrogens with two attached hydrogens (primary N) is 1. The lowest BCUT2D eigenvalue weighted by molar-refractivity contribution is 0.184. The first-order valence-corrected chi connectivity index (χ1v) is 9.07. The minimum Gasteiger partial charge on any atom is -0.328 e. The number of nitrogens with zero attached hydrogens (tertiary/aromatic N) is 1. The van der Waals surface area contributed by atoms with E-state index in [-0.39, 0.29) is 0 Å². The first-order valence-electron chi connectivity index (χ1n) is 9.07. The van der Waals surface area contributed by atoms with E-state index in [4.69, 9.17) is 5.73 Å². The summed E-state index contributed by atoms with van der Waals surface area (Å²) in [6, 6.07) is 12.8. The highest BCUT2D eigenvalue weighted by Gasteiger charge is 2.24. The molecule has 0 unspecified atom stereocenters. The van der Waals surface area contributed by atoms with Crippen molar-refractivity contribution in [3.8, 4) is 0 Å². The summed E-state index contributed by atoms with van der Waals surface area (Å²) in [5, 5.41) is 3.89. The van der Waals surface area contributed by atoms with E-state index < -0.39 is 0 Å². The monoisotopic (exact) mass is 301 g/mol. The van der Waals surface area contributed by atoms with Crippen LogP contribution >= 0.6 is 0 Å². The van der Waals surface area contributed by atoms with E-state index in [0.717, 1.165) is 12.1 Å². The van der Waals surface area contributed by atoms with Crippen molar-refractivity contribution >= 4 is 0 Å². The molecule has 3 N–H and O–H groups in total. The van der Waals surface area contributed by atoms with Crippen LogP contribution in [0.25, 0.3) is 0 Å². The summed E-state index contributed by atoms with van der Waals surface area (Å²) in [5.74, 6) is 0. The highest BCUT2D eigenvalue weighted by Crippen LogP contribution is 2.20. The van der Waals surface area contributed by atoms with Crippen molar-refractivity contribution in [3.63, 3.8) is 0 Å². The molecule has 1 heterocycles. The van der Waals surface area contributed by atoms with Crippen LogP contribution in [0.1, 0.15) is 44.1 Å². The van der Waals surface area contributed by atoms with Gasteiger partial charge >= 0.3 is 0 Å². The van der Waals surface area contributed by atoms with Crippen LogP contribution < -0.4 is 11.1 Å². The lowest BCUT2D eigenvalue weighted by atomic mass is 9.90. The molecular formula is C19H31N3. The Morgan fingerprint density at radius 3 is 2.23 bits per heavy atom. The van der Waals surface area contributed by atoms with Crippen LogP contribution in [0.2, 0.25) is 0 Å². The van der Waals surface area contributed by atoms with Gasteiger partial charge in [-0.25, -0.2) is 0 Å². The smallest absolute Gasteiger partial charge is 0.00940 e. The zero-order valence-electron chi connectivity index (χ0n) is 13.7. The van der Waals surface area contributed by atoms with Gasteiger partial charge < -0.3 is 16.0 Å². The van der Waals surface area contributed by atoms with Gasteiger partial charge in [0.25, 0.3) is 0 Å². The Kier molecular flexibility index (Phi) is 5.88. The summed E-state index contributed by atoms with van der Waals surface area (Å²) in [6.45, 7) is 3.70. The topological polar surface area (TPSA) is 41.3 Å². The van der Waals surface area contributed by atoms with Crippen molar-refractivity contribution in [2.75, 3.05) is 19.6 Å². The van der Waals surface area contributed by atoms with Crippen LogP contribution in [-0.2, 0) is 6.42 Å². The van der Waals surface area contributed by atoms with E-state index in [0.29, 0.717) is 6.04 Å². The standard InChI is InChI=1S/C19H31N3/c20-17-6-8-18(9-7-17)21-19-11-14-22(15-12-19)13-10-16-4-2-1-3-5-16/h1-5,17-19,21H,6-15,20H2. The maximum Gasteiger partial charge on any atom is 0.00940 e. The molecule has 3 heteroatoms. The van der Waals surface area contributed by atoms with Gasteiger partial charge in [0.15, 0.2) is 0 Å². The fourth-order valence-corrected chi connectivity index (χ4v) is 3.87. The van der Waals surface area contributed by atoms with Crippen molar-refractivity contribution in [1.29, 1.82) is 0 Å². The Morgan fingerprint density at radius 1 is 0.909 bits per heavy atom. The lowest BCUT2D eigenvalue weighted by Crippen LogP contribution is -2.48. The van der Waals surface area contributed by atoms with E-state index in [2.05, 4.69) is 40.5 Å². The van der Waals surface area contributed by atoms with Crippen molar-refractivity contribution in [2.45, 2.75) is 63.1 Å². The van der Waals surface area contributed by atoms with Gasteiger partial charge in [-0.2, -0.15) is 0 Å². The van der Waals surface area contributed by atoms with E-state index in [1.165, 1.54) is 70.1 Å². The molecule has 3 rings (SSSR count). The average Bonchev–Trinajstić information content (AvgIpc) is 2.57. The SMILES string of the molecule is NC1CCC(NC2CCN(CCc3ccccc3)CC2)CC1. The van der Waals surface area contributed by atoms with E-state index in [1.807, 2.05) is 0 Å². The number of likely N-dealkylation sites (tertiary alicyclic amines) is 1. The van der Waals surface area contributed by atoms with Gasteiger partial charge in [-0.15, -0.1) is 0 Å². The fourth-order valence-electron chi connectivity index (χ4n) is 3.87. The molecule has 122 valence electrons. The predicted molar refractivity (Wildman–Crippen MR) is 93.0 cm³/mol. The summed E-state index contributed by atoms with van der Waals surface area (Å²) >= 11 is 0. The molecule has 0 spiro atoms. The zero-order valence-corrected chi connectivity index (χ0v) is 13.7. The molecule has 0 aromatic heterocycles. The van der Waals surface area contributed by atoms with Gasteiger partial charge in [0.05, 0.1) is 0 Å². The van der Waals surface area contributed by atoms with E-state index in [1.54, 1.807) is 0 Å². The molecule has 0 atom stereocenters. The molecule has 1 aromatic rings. The predicted octanol–water partition coefficient (Wildman–Crippen LogP) is 2.55. The van der Waals surface area contributed by atoms with Gasteiger partial charge in [0.1, 0.15) is 0 Å². The lowest BCUT2D eigenvalue weighted by Gasteiger charge is -2.36. The second kappa shape index (κ2) is 8.09. The number of benzene rings is 1. The number of hydrogen-bond acceptors (Lipinski definition) is 3. The second-order valence-corrected chi connectivity index (χ2v) is 7.13. The molecule has 2 fully saturated rings. The van der Waals surface area contributed by atoms with Crippen molar-refractivity contribution < 1.29 is 0 Å². The summed E-state index contributed by atoms with van der Waals surface area (Å²) in [4.78, 5) is 2.63. The third-order valence-electron chi connectivity index (χ3n) is 5.39. The number of piperidine rings is 1. The molecule has 1 aromatic carbocycles. The normalized spacial score (nSPS) is 27.9. The number of hydrogen-bond donors (Lipinski definition) is 2. The molecule has 3 nitrogen and oxygen atoms in total. The molecule has 2 aliphatic rings. The first kappa shape index (κ1) is 16.0. The molecular weight excluding hydrogens is 270 g/mol. The van der Waals surface area contributed by atoms with E-state index in [9.17, 15) is 0 Å². The maximum absolute atomic E-state index is 6.00. The second-order valence-electron chi connectivity index (χ2n) is 7.13. The Bertz CT molecular complexity index is 418. The van der Waals surface area contributed by atoms with Gasteiger partial charge in [0.2, 0.25) is 0 Å². The van der Waals surface area contributed by atoms with Gasteiger partial charge in [-0.3, -0.25) is 0 Å². The average molecular weight is 301 g/mol. The highest BCUT2D eigenvalue weighted by atomic mass is 15.1. The third kappa shape index (κ3) is 4.80. The highest BCUT2D eigenvalue weighted by molar-refractivity contribution is 5.14. The molecule has 1 aliphatic heterocycles. The number of nitrogens with one attached hydrogen (secondary N) is 1. The van der Waals surface area contributed by atoms with Crippen LogP contribution in [0.4, 0.5) is 0 Å². The summed E-state index contributed by atoms with van der Waals surface area (Å²) in [6.07, 6.45) is 8.74. The Balaban J connectivity index is 1.34. The first-order chi connectivity index (χ1) is 10.8. The fraction of sp³-hybridized carbons (Fsp3) is 0.684. The Hall–Kier alpha value is -0.900. The van der Waals surface area contributed by atoms with Crippen LogP contribution in [0.3, 0.4) is 0 Å². The number of rotatable bonds is 5. The molecule has 0 bridgehead atoms. The van der Waals surface area contributed by atoms with Crippen molar-refractivity contribution in [2.24, 2.45) is 5.73 Å². The molecule has 1 saturated carbocycles. The summed E-state index contributed by atoms with van der Waals surface area (Å²) < 4.78 is 0. The van der Waals surface area contributed by atoms with Crippen LogP contribution in [0, 0.1) is 0 Å². The quantitative estimate of drug-likeness (QED) is 0.878. The molecule has 0 amide bonds. The minimum atomic E-state index is 0.456. The Morgan fingerprint density at radius 2 is 1.55 bits per heavy atom. The van der Waals surface area contributed by atoms with Crippen molar-refractivity contribution in [1.82, 2.24) is 10.2 Å². The Labute approximate surface area is 135 Å². The zero-order chi connectivity index (χ0) is 15.2. The van der Waals surface area contributed by atoms with Crippen molar-refractivity contribution in [3.05, 3.63) is 35.9 Å². The minimum absolute atomic E-state index is 0.456. The van der Waals surface area contributed by atoms with E-state index >= 15 is 0 Å². The largest absolute Gasteiger partial charge is 0.328 e. The molecule has 1 saturated heterocycles. The summed E-state index contributed by atoms with van der Waals surface area (Å²) in [5.41, 5.74) is 7.45. The van der Waals surface area contributed by atoms with Gasteiger partial charge in [-0.05, 0) is 63.6 Å². The van der Waals surface area contributed by atoms with Crippen LogP contribution in [0.15, 0.2) is 30.3 Å². The summed E-state index contributed by atoms with van der Waals surface area (Å²) in [7, 11) is 0. The molecule has 0 radical (unpaired) electrons. The molecule has 22 heavy (non-hydrogen) atoms. The molecule has 1 aliphatic carbocycles. The van der Waals surface area contributed by atoms with Crippen LogP contribution in [0.5, 0.6) is 0 Å².